The first-order chi connectivity index (χ1) is 14.7. The number of aromatic nitrogens is 2. The number of carbonyl (C=O) groups excluding carboxylic acids is 2. The Bertz CT molecular complexity index is 1090. The molecule has 2 aliphatic rings. The highest BCUT2D eigenvalue weighted by Gasteiger charge is 2.36. The topological polar surface area (TPSA) is 79.2 Å². The molecule has 2 fully saturated rings. The van der Waals surface area contributed by atoms with Crippen LogP contribution in [0.2, 0.25) is 0 Å². The van der Waals surface area contributed by atoms with Crippen molar-refractivity contribution in [1.82, 2.24) is 14.9 Å². The van der Waals surface area contributed by atoms with Crippen LogP contribution in [0.1, 0.15) is 37.9 Å². The summed E-state index contributed by atoms with van der Waals surface area (Å²) in [4.78, 5) is 34.7. The van der Waals surface area contributed by atoms with Crippen LogP contribution in [-0.4, -0.2) is 32.6 Å². The third kappa shape index (κ3) is 4.06. The summed E-state index contributed by atoms with van der Waals surface area (Å²) < 4.78 is 5.85. The molecule has 0 spiro atoms. The van der Waals surface area contributed by atoms with Gasteiger partial charge in [0.1, 0.15) is 5.76 Å². The van der Waals surface area contributed by atoms with Gasteiger partial charge < -0.3 is 9.40 Å². The van der Waals surface area contributed by atoms with Crippen molar-refractivity contribution in [1.29, 1.82) is 0 Å². The van der Waals surface area contributed by atoms with Crippen LogP contribution in [0.25, 0.3) is 17.1 Å². The highest BCUT2D eigenvalue weighted by Crippen LogP contribution is 2.36. The molecule has 0 unspecified atom stereocenters. The van der Waals surface area contributed by atoms with Crippen LogP contribution in [0.5, 0.6) is 0 Å². The van der Waals surface area contributed by atoms with Gasteiger partial charge in [-0.25, -0.2) is 4.98 Å². The van der Waals surface area contributed by atoms with Gasteiger partial charge in [0.05, 0.1) is 15.9 Å². The number of carbonyl (C=O) groups is 2. The molecule has 8 heteroatoms. The standard InChI is InChI=1S/C22H21N3O3S2/c26-20-18(29-22(27)25(20)13-14-6-2-1-3-7-14)12-15-10-11-19(28-15)30-21-23-16-8-4-5-9-17(16)24-21/h4-5,8-12,14H,1-3,6-7,13H2,(H,23,24)/b18-12+. The van der Waals surface area contributed by atoms with Crippen molar-refractivity contribution in [2.45, 2.75) is 42.4 Å². The Hall–Kier alpha value is -2.45. The minimum absolute atomic E-state index is 0.180. The fourth-order valence-corrected chi connectivity index (χ4v) is 5.55. The fourth-order valence-electron chi connectivity index (χ4n) is 3.95. The van der Waals surface area contributed by atoms with E-state index >= 15 is 0 Å². The van der Waals surface area contributed by atoms with E-state index < -0.39 is 0 Å². The van der Waals surface area contributed by atoms with E-state index in [-0.39, 0.29) is 11.1 Å². The number of nitrogens with zero attached hydrogens (tertiary/aromatic N) is 2. The molecule has 6 nitrogen and oxygen atoms in total. The lowest BCUT2D eigenvalue weighted by Crippen LogP contribution is -2.34. The van der Waals surface area contributed by atoms with Crippen molar-refractivity contribution in [3.05, 3.63) is 47.1 Å². The molecule has 2 aromatic heterocycles. The van der Waals surface area contributed by atoms with Crippen LogP contribution in [0.3, 0.4) is 0 Å². The third-order valence-electron chi connectivity index (χ3n) is 5.48. The van der Waals surface area contributed by atoms with Crippen LogP contribution in [-0.2, 0) is 4.79 Å². The van der Waals surface area contributed by atoms with Gasteiger partial charge in [-0.1, -0.05) is 31.4 Å². The summed E-state index contributed by atoms with van der Waals surface area (Å²) in [6.07, 6.45) is 7.49. The summed E-state index contributed by atoms with van der Waals surface area (Å²) in [5, 5.41) is 1.23. The molecule has 3 heterocycles. The van der Waals surface area contributed by atoms with Gasteiger partial charge in [-0.15, -0.1) is 0 Å². The largest absolute Gasteiger partial charge is 0.450 e. The number of benzene rings is 1. The first-order valence-electron chi connectivity index (χ1n) is 10.1. The number of fused-ring (bicyclic) bond motifs is 1. The van der Waals surface area contributed by atoms with Crippen molar-refractivity contribution in [2.24, 2.45) is 5.92 Å². The van der Waals surface area contributed by atoms with E-state index in [1.165, 1.54) is 35.9 Å². The van der Waals surface area contributed by atoms with E-state index in [9.17, 15) is 9.59 Å². The van der Waals surface area contributed by atoms with E-state index in [1.807, 2.05) is 30.3 Å². The first kappa shape index (κ1) is 19.5. The fraction of sp³-hybridized carbons (Fsp3) is 0.318. The van der Waals surface area contributed by atoms with Crippen LogP contribution in [0.15, 0.2) is 56.0 Å². The molecular weight excluding hydrogens is 418 g/mol. The van der Waals surface area contributed by atoms with Crippen molar-refractivity contribution >= 4 is 51.8 Å². The van der Waals surface area contributed by atoms with Crippen LogP contribution < -0.4 is 0 Å². The van der Waals surface area contributed by atoms with Gasteiger partial charge >= 0.3 is 0 Å². The van der Waals surface area contributed by atoms with E-state index in [2.05, 4.69) is 9.97 Å². The molecule has 1 aliphatic carbocycles. The Kier molecular flexibility index (Phi) is 5.43. The zero-order valence-electron chi connectivity index (χ0n) is 16.3. The predicted molar refractivity (Wildman–Crippen MR) is 118 cm³/mol. The SMILES string of the molecule is O=C1S/C(=C/c2ccc(Sc3nc4ccccc4[nH]3)o2)C(=O)N1CC1CCCCC1. The van der Waals surface area contributed by atoms with E-state index in [4.69, 9.17) is 4.42 Å². The number of imide groups is 1. The average molecular weight is 440 g/mol. The maximum Gasteiger partial charge on any atom is 0.293 e. The smallest absolute Gasteiger partial charge is 0.293 e. The Morgan fingerprint density at radius 3 is 2.83 bits per heavy atom. The number of furan rings is 1. The monoisotopic (exact) mass is 439 g/mol. The molecule has 154 valence electrons. The molecule has 1 aliphatic heterocycles. The molecule has 5 rings (SSSR count). The number of hydrogen-bond acceptors (Lipinski definition) is 6. The molecule has 0 atom stereocenters. The number of amides is 2. The second kappa shape index (κ2) is 8.35. The number of aromatic amines is 1. The highest BCUT2D eigenvalue weighted by molar-refractivity contribution is 8.18. The molecule has 0 radical (unpaired) electrons. The molecule has 1 saturated carbocycles. The van der Waals surface area contributed by atoms with Crippen molar-refractivity contribution in [3.63, 3.8) is 0 Å². The number of H-pyrrole nitrogens is 1. The van der Waals surface area contributed by atoms with Gasteiger partial charge in [-0.05, 0) is 66.5 Å². The summed E-state index contributed by atoms with van der Waals surface area (Å²) in [6, 6.07) is 11.5. The quantitative estimate of drug-likeness (QED) is 0.497. The highest BCUT2D eigenvalue weighted by atomic mass is 32.2. The zero-order valence-corrected chi connectivity index (χ0v) is 17.9. The predicted octanol–water partition coefficient (Wildman–Crippen LogP) is 5.92. The molecule has 3 aromatic rings. The number of para-hydroxylation sites is 2. The lowest BCUT2D eigenvalue weighted by atomic mass is 9.89. The maximum atomic E-state index is 12.7. The maximum absolute atomic E-state index is 12.7. The zero-order chi connectivity index (χ0) is 20.5. The number of hydrogen-bond donors (Lipinski definition) is 1. The van der Waals surface area contributed by atoms with Crippen LogP contribution >= 0.6 is 23.5 Å². The van der Waals surface area contributed by atoms with Crippen LogP contribution in [0.4, 0.5) is 4.79 Å². The van der Waals surface area contributed by atoms with Gasteiger partial charge in [0, 0.05) is 12.6 Å². The number of thioether (sulfide) groups is 1. The normalized spacial score (nSPS) is 19.5. The first-order valence-corrected chi connectivity index (χ1v) is 11.8. The summed E-state index contributed by atoms with van der Waals surface area (Å²) in [5.74, 6) is 0.775. The molecule has 2 amide bonds. The summed E-state index contributed by atoms with van der Waals surface area (Å²) in [6.45, 7) is 0.535. The summed E-state index contributed by atoms with van der Waals surface area (Å²) in [5.41, 5.74) is 1.87. The second-order valence-electron chi connectivity index (χ2n) is 7.61. The van der Waals surface area contributed by atoms with Gasteiger partial charge in [-0.3, -0.25) is 14.5 Å². The number of rotatable bonds is 5. The van der Waals surface area contributed by atoms with Gasteiger partial charge in [-0.2, -0.15) is 0 Å². The molecule has 1 N–H and O–H groups in total. The Morgan fingerprint density at radius 1 is 1.17 bits per heavy atom. The lowest BCUT2D eigenvalue weighted by Gasteiger charge is -2.25. The van der Waals surface area contributed by atoms with Crippen LogP contribution in [0, 0.1) is 5.92 Å². The Labute approximate surface area is 182 Å². The third-order valence-corrected chi connectivity index (χ3v) is 7.19. The van der Waals surface area contributed by atoms with Crippen molar-refractivity contribution in [2.75, 3.05) is 6.54 Å². The second-order valence-corrected chi connectivity index (χ2v) is 9.60. The lowest BCUT2D eigenvalue weighted by molar-refractivity contribution is -0.123. The molecule has 30 heavy (non-hydrogen) atoms. The van der Waals surface area contributed by atoms with Crippen molar-refractivity contribution in [3.8, 4) is 0 Å². The van der Waals surface area contributed by atoms with Crippen molar-refractivity contribution < 1.29 is 14.0 Å². The Balaban J connectivity index is 1.27. The number of imidazole rings is 1. The summed E-state index contributed by atoms with van der Waals surface area (Å²) >= 11 is 2.38. The molecular formula is C22H21N3O3S2. The van der Waals surface area contributed by atoms with Gasteiger partial charge in [0.2, 0.25) is 0 Å². The van der Waals surface area contributed by atoms with E-state index in [0.29, 0.717) is 28.2 Å². The Morgan fingerprint density at radius 2 is 2.00 bits per heavy atom. The minimum atomic E-state index is -0.210. The molecule has 1 aromatic carbocycles. The molecule has 1 saturated heterocycles. The van der Waals surface area contributed by atoms with E-state index in [0.717, 1.165) is 40.8 Å². The minimum Gasteiger partial charge on any atom is -0.450 e. The average Bonchev–Trinajstić information content (AvgIpc) is 3.43. The molecule has 0 bridgehead atoms. The van der Waals surface area contributed by atoms with E-state index in [1.54, 1.807) is 12.1 Å². The number of nitrogens with one attached hydrogen (secondary N) is 1. The van der Waals surface area contributed by atoms with Gasteiger partial charge in [0.15, 0.2) is 10.2 Å². The van der Waals surface area contributed by atoms with Gasteiger partial charge in [0.25, 0.3) is 11.1 Å². The summed E-state index contributed by atoms with van der Waals surface area (Å²) in [7, 11) is 0.